The molecule has 0 saturated carbocycles. The number of methoxy groups -OCH3 is 1. The first-order chi connectivity index (χ1) is 17.0. The second-order valence-electron chi connectivity index (χ2n) is 8.65. The largest absolute Gasteiger partial charge is 0.465 e. The van der Waals surface area contributed by atoms with Crippen molar-refractivity contribution in [1.82, 2.24) is 4.98 Å². The fraction of sp³-hybridized carbons (Fsp3) is 0.250. The first-order valence-corrected chi connectivity index (χ1v) is 13.4. The number of hydrogen-bond acceptors (Lipinski definition) is 5. The van der Waals surface area contributed by atoms with Gasteiger partial charge in [-0.3, -0.25) is 4.79 Å². The summed E-state index contributed by atoms with van der Waals surface area (Å²) in [4.78, 5) is 32.4. The van der Waals surface area contributed by atoms with E-state index in [9.17, 15) is 9.59 Å². The summed E-state index contributed by atoms with van der Waals surface area (Å²) in [5, 5.41) is 4.40. The van der Waals surface area contributed by atoms with E-state index in [1.54, 1.807) is 0 Å². The highest BCUT2D eigenvalue weighted by molar-refractivity contribution is 9.10. The average molecular weight is 549 g/mol. The Hall–Kier alpha value is -3.03. The van der Waals surface area contributed by atoms with Crippen molar-refractivity contribution in [3.05, 3.63) is 80.6 Å². The first kappa shape index (κ1) is 23.7. The van der Waals surface area contributed by atoms with Gasteiger partial charge in [-0.25, -0.2) is 9.78 Å². The van der Waals surface area contributed by atoms with Crippen LogP contribution in [0.2, 0.25) is 0 Å². The van der Waals surface area contributed by atoms with Gasteiger partial charge in [-0.05, 0) is 55.5 Å². The third-order valence-electron chi connectivity index (χ3n) is 6.39. The van der Waals surface area contributed by atoms with E-state index < -0.39 is 5.97 Å². The number of esters is 1. The lowest BCUT2D eigenvalue weighted by molar-refractivity contribution is 0.0601. The molecule has 0 saturated heterocycles. The number of carbonyl (C=O) groups excluding carboxylic acids is 2. The Morgan fingerprint density at radius 3 is 2.51 bits per heavy atom. The van der Waals surface area contributed by atoms with E-state index in [4.69, 9.17) is 9.72 Å². The molecule has 1 aliphatic carbocycles. The maximum atomic E-state index is 13.7. The summed E-state index contributed by atoms with van der Waals surface area (Å²) in [5.41, 5.74) is 4.44. The van der Waals surface area contributed by atoms with Crippen LogP contribution in [0.5, 0.6) is 0 Å². The predicted molar refractivity (Wildman–Crippen MR) is 144 cm³/mol. The number of fused-ring (bicyclic) bond motifs is 2. The Labute approximate surface area is 216 Å². The van der Waals surface area contributed by atoms with Crippen molar-refractivity contribution >= 4 is 55.0 Å². The molecule has 1 N–H and O–H groups in total. The maximum Gasteiger partial charge on any atom is 0.341 e. The molecule has 5 rings (SSSR count). The summed E-state index contributed by atoms with van der Waals surface area (Å²) in [7, 11) is 1.39. The lowest BCUT2D eigenvalue weighted by Crippen LogP contribution is -2.15. The fourth-order valence-electron chi connectivity index (χ4n) is 4.63. The van der Waals surface area contributed by atoms with Crippen molar-refractivity contribution in [1.29, 1.82) is 0 Å². The Kier molecular flexibility index (Phi) is 6.97. The highest BCUT2D eigenvalue weighted by Gasteiger charge is 2.26. The van der Waals surface area contributed by atoms with Crippen LogP contribution in [-0.4, -0.2) is 24.0 Å². The third-order valence-corrected chi connectivity index (χ3v) is 8.12. The average Bonchev–Trinajstić information content (AvgIpc) is 3.18. The van der Waals surface area contributed by atoms with Gasteiger partial charge >= 0.3 is 5.97 Å². The van der Waals surface area contributed by atoms with Gasteiger partial charge in [-0.15, -0.1) is 11.3 Å². The lowest BCUT2D eigenvalue weighted by atomic mass is 9.96. The van der Waals surface area contributed by atoms with Gasteiger partial charge < -0.3 is 10.1 Å². The molecule has 0 spiro atoms. The molecule has 0 unspecified atom stereocenters. The van der Waals surface area contributed by atoms with Crippen LogP contribution in [0, 0.1) is 0 Å². The molecule has 0 atom stereocenters. The van der Waals surface area contributed by atoms with Crippen molar-refractivity contribution in [2.45, 2.75) is 38.5 Å². The second kappa shape index (κ2) is 10.3. The molecule has 0 bridgehead atoms. The van der Waals surface area contributed by atoms with Crippen LogP contribution in [0.3, 0.4) is 0 Å². The number of aromatic nitrogens is 1. The van der Waals surface area contributed by atoms with Gasteiger partial charge in [0.25, 0.3) is 5.91 Å². The van der Waals surface area contributed by atoms with E-state index in [1.807, 2.05) is 54.6 Å². The molecule has 0 radical (unpaired) electrons. The van der Waals surface area contributed by atoms with Crippen LogP contribution in [0.15, 0.2) is 59.1 Å². The predicted octanol–water partition coefficient (Wildman–Crippen LogP) is 7.42. The molecule has 2 aromatic heterocycles. The van der Waals surface area contributed by atoms with Gasteiger partial charge in [-0.2, -0.15) is 0 Å². The lowest BCUT2D eigenvalue weighted by Gasteiger charge is -2.12. The summed E-state index contributed by atoms with van der Waals surface area (Å²) >= 11 is 4.97. The zero-order valence-electron chi connectivity index (χ0n) is 19.4. The molecule has 1 aliphatic rings. The van der Waals surface area contributed by atoms with E-state index in [1.165, 1.54) is 29.7 Å². The van der Waals surface area contributed by atoms with Crippen LogP contribution >= 0.6 is 27.3 Å². The van der Waals surface area contributed by atoms with E-state index in [2.05, 4.69) is 21.2 Å². The summed E-state index contributed by atoms with van der Waals surface area (Å²) in [6, 6.07) is 17.3. The SMILES string of the molecule is COC(=O)c1c(NC(=O)c2cc(-c3ccc(Br)cc3)nc3ccccc23)sc2c1CCCCCC2. The molecule has 2 heterocycles. The molecule has 1 amide bonds. The Morgan fingerprint density at radius 1 is 1.00 bits per heavy atom. The number of nitrogens with one attached hydrogen (secondary N) is 1. The summed E-state index contributed by atoms with van der Waals surface area (Å²) in [6.45, 7) is 0. The van der Waals surface area contributed by atoms with E-state index >= 15 is 0 Å². The van der Waals surface area contributed by atoms with Gasteiger partial charge in [0.15, 0.2) is 0 Å². The highest BCUT2D eigenvalue weighted by atomic mass is 79.9. The molecule has 35 heavy (non-hydrogen) atoms. The molecule has 5 nitrogen and oxygen atoms in total. The number of benzene rings is 2. The quantitative estimate of drug-likeness (QED) is 0.269. The number of nitrogens with zero attached hydrogens (tertiary/aromatic N) is 1. The van der Waals surface area contributed by atoms with E-state index in [-0.39, 0.29) is 5.91 Å². The summed E-state index contributed by atoms with van der Waals surface area (Å²) in [5.74, 6) is -0.658. The van der Waals surface area contributed by atoms with Crippen LogP contribution in [0.25, 0.3) is 22.2 Å². The molecular weight excluding hydrogens is 524 g/mol. The number of carbonyl (C=O) groups is 2. The van der Waals surface area contributed by atoms with Crippen LogP contribution < -0.4 is 5.32 Å². The number of para-hydroxylation sites is 1. The zero-order chi connectivity index (χ0) is 24.4. The van der Waals surface area contributed by atoms with Crippen molar-refractivity contribution in [3.8, 4) is 11.3 Å². The third kappa shape index (κ3) is 4.88. The van der Waals surface area contributed by atoms with Crippen molar-refractivity contribution in [2.75, 3.05) is 12.4 Å². The second-order valence-corrected chi connectivity index (χ2v) is 10.7. The minimum absolute atomic E-state index is 0.263. The van der Waals surface area contributed by atoms with Crippen LogP contribution in [0.1, 0.15) is 56.8 Å². The van der Waals surface area contributed by atoms with Gasteiger partial charge in [0, 0.05) is 20.3 Å². The molecule has 4 aromatic rings. The number of thiophene rings is 1. The smallest absolute Gasteiger partial charge is 0.341 e. The Bertz CT molecular complexity index is 1410. The minimum Gasteiger partial charge on any atom is -0.465 e. The van der Waals surface area contributed by atoms with E-state index in [0.717, 1.165) is 58.6 Å². The number of rotatable bonds is 4. The van der Waals surface area contributed by atoms with Gasteiger partial charge in [0.2, 0.25) is 0 Å². The summed E-state index contributed by atoms with van der Waals surface area (Å²) in [6.07, 6.45) is 6.22. The highest BCUT2D eigenvalue weighted by Crippen LogP contribution is 2.38. The monoisotopic (exact) mass is 548 g/mol. The first-order valence-electron chi connectivity index (χ1n) is 11.7. The topological polar surface area (TPSA) is 68.3 Å². The number of aryl methyl sites for hydroxylation is 1. The standard InChI is InChI=1S/C28H25BrN2O3S/c1-34-28(33)25-20-9-4-2-3-5-11-24(20)35-27(25)31-26(32)21-16-23(17-12-14-18(29)15-13-17)30-22-10-7-6-8-19(21)22/h6-8,10,12-16H,2-5,9,11H2,1H3,(H,31,32). The molecule has 2 aromatic carbocycles. The number of amides is 1. The minimum atomic E-state index is -0.395. The number of hydrogen-bond donors (Lipinski definition) is 1. The molecule has 0 aliphatic heterocycles. The zero-order valence-corrected chi connectivity index (χ0v) is 21.8. The van der Waals surface area contributed by atoms with Gasteiger partial charge in [0.05, 0.1) is 29.4 Å². The molecule has 178 valence electrons. The van der Waals surface area contributed by atoms with Crippen LogP contribution in [-0.2, 0) is 17.6 Å². The fourth-order valence-corrected chi connectivity index (χ4v) is 6.16. The molecular formula is C28H25BrN2O3S. The van der Waals surface area contributed by atoms with Crippen molar-refractivity contribution in [2.24, 2.45) is 0 Å². The van der Waals surface area contributed by atoms with Crippen molar-refractivity contribution < 1.29 is 14.3 Å². The maximum absolute atomic E-state index is 13.7. The number of ether oxygens (including phenoxy) is 1. The Balaban J connectivity index is 1.58. The number of halogens is 1. The van der Waals surface area contributed by atoms with Crippen molar-refractivity contribution in [3.63, 3.8) is 0 Å². The van der Waals surface area contributed by atoms with Gasteiger partial charge in [0.1, 0.15) is 5.00 Å². The Morgan fingerprint density at radius 2 is 1.74 bits per heavy atom. The number of pyridine rings is 1. The normalized spacial score (nSPS) is 13.5. The van der Waals surface area contributed by atoms with E-state index in [0.29, 0.717) is 21.8 Å². The van der Waals surface area contributed by atoms with Gasteiger partial charge in [-0.1, -0.05) is 59.1 Å². The molecule has 0 fully saturated rings. The molecule has 7 heteroatoms. The summed E-state index contributed by atoms with van der Waals surface area (Å²) < 4.78 is 6.10. The van der Waals surface area contributed by atoms with Crippen LogP contribution in [0.4, 0.5) is 5.00 Å². The number of anilines is 1.